The van der Waals surface area contributed by atoms with Gasteiger partial charge in [0.25, 0.3) is 0 Å². The second-order valence-corrected chi connectivity index (χ2v) is 16.7. The summed E-state index contributed by atoms with van der Waals surface area (Å²) in [6, 6.07) is 13.2. The highest BCUT2D eigenvalue weighted by Crippen LogP contribution is 2.47. The highest BCUT2D eigenvalue weighted by Gasteiger charge is 2.20. The summed E-state index contributed by atoms with van der Waals surface area (Å²) in [6.45, 7) is 16.7. The Bertz CT molecular complexity index is 1760. The third kappa shape index (κ3) is 15.9. The molecule has 0 N–H and O–H groups in total. The Morgan fingerprint density at radius 2 is 0.550 bits per heavy atom. The maximum atomic E-state index is 6.60. The van der Waals surface area contributed by atoms with Gasteiger partial charge < -0.3 is 28.4 Å². The zero-order chi connectivity index (χ0) is 42.6. The molecule has 0 saturated heterocycles. The molecule has 0 fully saturated rings. The van der Waals surface area contributed by atoms with Crippen molar-refractivity contribution in [2.75, 3.05) is 33.0 Å². The minimum absolute atomic E-state index is 0.638. The largest absolute Gasteiger partial charge is 0.490 e. The van der Waals surface area contributed by atoms with E-state index in [2.05, 4.69) is 84.0 Å². The molecule has 0 saturated carbocycles. The van der Waals surface area contributed by atoms with Gasteiger partial charge >= 0.3 is 0 Å². The predicted molar refractivity (Wildman–Crippen MR) is 256 cm³/mol. The standard InChI is InChI=1S/C54H82O6/c1-7-13-19-20-21-22-23-24-30-36-60-54-42-48-46-40-52(58-34-28-17-11-5)50(56-32-26-15-9-3)38-44(46)43-37-49(55-31-25-14-8-2)51(57-33-27-16-10-4)39-45(43)47(48)41-53(54)59-35-29-18-12-6/h30,36-42H,7-29,31-35H2,1-6H3. The van der Waals surface area contributed by atoms with E-state index in [4.69, 9.17) is 28.4 Å². The van der Waals surface area contributed by atoms with Crippen LogP contribution in [0.25, 0.3) is 32.3 Å². The van der Waals surface area contributed by atoms with Crippen LogP contribution in [-0.2, 0) is 0 Å². The molecule has 4 rings (SSSR count). The molecule has 0 aliphatic carbocycles. The van der Waals surface area contributed by atoms with Crippen molar-refractivity contribution in [3.63, 3.8) is 0 Å². The van der Waals surface area contributed by atoms with Crippen molar-refractivity contribution in [1.82, 2.24) is 0 Å². The van der Waals surface area contributed by atoms with Gasteiger partial charge in [-0.3, -0.25) is 0 Å². The zero-order valence-electron chi connectivity index (χ0n) is 38.9. The van der Waals surface area contributed by atoms with E-state index >= 15 is 0 Å². The molecule has 0 spiro atoms. The molecule has 4 aromatic rings. The molecule has 0 atom stereocenters. The first-order chi connectivity index (χ1) is 29.6. The number of fused-ring (bicyclic) bond motifs is 6. The lowest BCUT2D eigenvalue weighted by Crippen LogP contribution is -2.04. The Hall–Kier alpha value is -3.80. The number of hydrogen-bond donors (Lipinski definition) is 0. The van der Waals surface area contributed by atoms with E-state index in [1.54, 1.807) is 0 Å². The van der Waals surface area contributed by atoms with Crippen molar-refractivity contribution >= 4 is 32.3 Å². The second-order valence-electron chi connectivity index (χ2n) is 16.7. The van der Waals surface area contributed by atoms with Gasteiger partial charge in [0, 0.05) is 0 Å². The van der Waals surface area contributed by atoms with Gasteiger partial charge in [0.1, 0.15) is 0 Å². The number of ether oxygens (including phenoxy) is 6. The summed E-state index contributed by atoms with van der Waals surface area (Å²) in [4.78, 5) is 0. The van der Waals surface area contributed by atoms with Crippen molar-refractivity contribution < 1.29 is 28.4 Å². The van der Waals surface area contributed by atoms with Crippen LogP contribution in [-0.4, -0.2) is 33.0 Å². The van der Waals surface area contributed by atoms with Crippen LogP contribution < -0.4 is 28.4 Å². The van der Waals surface area contributed by atoms with E-state index < -0.39 is 0 Å². The predicted octanol–water partition coefficient (Wildman–Crippen LogP) is 17.0. The summed E-state index contributed by atoms with van der Waals surface area (Å²) in [5.74, 6) is 4.66. The number of unbranched alkanes of at least 4 members (excludes halogenated alkanes) is 17. The fraction of sp³-hybridized carbons (Fsp3) is 0.630. The maximum absolute atomic E-state index is 6.60. The molecule has 4 aromatic carbocycles. The van der Waals surface area contributed by atoms with E-state index in [0.29, 0.717) is 33.0 Å². The molecular weight excluding hydrogens is 745 g/mol. The van der Waals surface area contributed by atoms with Crippen molar-refractivity contribution in [1.29, 1.82) is 0 Å². The van der Waals surface area contributed by atoms with E-state index in [1.807, 2.05) is 6.26 Å². The fourth-order valence-electron chi connectivity index (χ4n) is 7.75. The third-order valence-corrected chi connectivity index (χ3v) is 11.4. The Kier molecular flexibility index (Phi) is 24.0. The molecule has 334 valence electrons. The molecule has 6 heteroatoms. The van der Waals surface area contributed by atoms with Crippen LogP contribution in [0.3, 0.4) is 0 Å². The number of hydrogen-bond acceptors (Lipinski definition) is 6. The van der Waals surface area contributed by atoms with Crippen LogP contribution in [0.5, 0.6) is 34.5 Å². The molecule has 0 aromatic heterocycles. The van der Waals surface area contributed by atoms with Crippen LogP contribution >= 0.6 is 0 Å². The van der Waals surface area contributed by atoms with Gasteiger partial charge in [-0.15, -0.1) is 0 Å². The lowest BCUT2D eigenvalue weighted by Gasteiger charge is -2.20. The lowest BCUT2D eigenvalue weighted by molar-refractivity contribution is 0.260. The van der Waals surface area contributed by atoms with Crippen molar-refractivity contribution in [2.24, 2.45) is 0 Å². The quantitative estimate of drug-likeness (QED) is 0.0262. The zero-order valence-corrected chi connectivity index (χ0v) is 38.9. The Morgan fingerprint density at radius 1 is 0.300 bits per heavy atom. The molecule has 0 amide bonds. The molecule has 0 aliphatic rings. The Morgan fingerprint density at radius 3 is 0.867 bits per heavy atom. The molecule has 6 nitrogen and oxygen atoms in total. The number of rotatable bonds is 35. The van der Waals surface area contributed by atoms with Crippen LogP contribution in [0.1, 0.15) is 189 Å². The van der Waals surface area contributed by atoms with Crippen LogP contribution in [0.2, 0.25) is 0 Å². The molecule has 60 heavy (non-hydrogen) atoms. The monoisotopic (exact) mass is 827 g/mol. The smallest absolute Gasteiger partial charge is 0.169 e. The average Bonchev–Trinajstić information content (AvgIpc) is 3.26. The van der Waals surface area contributed by atoms with E-state index in [0.717, 1.165) is 170 Å². The van der Waals surface area contributed by atoms with Crippen molar-refractivity contribution in [3.05, 3.63) is 48.7 Å². The van der Waals surface area contributed by atoms with E-state index in [-0.39, 0.29) is 0 Å². The van der Waals surface area contributed by atoms with Crippen LogP contribution in [0.15, 0.2) is 48.7 Å². The summed E-state index contributed by atoms with van der Waals surface area (Å²) in [5.41, 5.74) is 0. The summed E-state index contributed by atoms with van der Waals surface area (Å²) < 4.78 is 39.4. The van der Waals surface area contributed by atoms with Gasteiger partial charge in [-0.1, -0.05) is 144 Å². The van der Waals surface area contributed by atoms with Gasteiger partial charge in [-0.25, -0.2) is 0 Å². The van der Waals surface area contributed by atoms with Crippen molar-refractivity contribution in [2.45, 2.75) is 189 Å². The molecule has 0 aliphatic heterocycles. The van der Waals surface area contributed by atoms with Gasteiger partial charge in [-0.2, -0.15) is 0 Å². The highest BCUT2D eigenvalue weighted by atomic mass is 16.5. The van der Waals surface area contributed by atoms with Crippen molar-refractivity contribution in [3.8, 4) is 34.5 Å². The molecule has 0 bridgehead atoms. The fourth-order valence-corrected chi connectivity index (χ4v) is 7.75. The Balaban J connectivity index is 1.90. The normalized spacial score (nSPS) is 11.6. The second kappa shape index (κ2) is 29.5. The minimum atomic E-state index is 0.638. The summed E-state index contributed by atoms with van der Waals surface area (Å²) in [5, 5.41) is 6.55. The first-order valence-electron chi connectivity index (χ1n) is 24.6. The molecular formula is C54H82O6. The minimum Gasteiger partial charge on any atom is -0.490 e. The number of benzene rings is 4. The topological polar surface area (TPSA) is 55.4 Å². The summed E-state index contributed by atoms with van der Waals surface area (Å²) >= 11 is 0. The lowest BCUT2D eigenvalue weighted by atomic mass is 9.93. The van der Waals surface area contributed by atoms with Gasteiger partial charge in [0.2, 0.25) is 0 Å². The SMILES string of the molecule is CCCCCCCCCC=COc1cc2c(cc1OCCCCC)c1cc(OCCCCC)c(OCCCCC)cc1c1cc(OCCCCC)c(OCCCCC)cc21. The van der Waals surface area contributed by atoms with Crippen LogP contribution in [0.4, 0.5) is 0 Å². The maximum Gasteiger partial charge on any atom is 0.169 e. The molecule has 0 heterocycles. The first kappa shape index (κ1) is 48.9. The van der Waals surface area contributed by atoms with Gasteiger partial charge in [0.15, 0.2) is 34.5 Å². The third-order valence-electron chi connectivity index (χ3n) is 11.4. The summed E-state index contributed by atoms with van der Waals surface area (Å²) in [7, 11) is 0. The average molecular weight is 827 g/mol. The Labute approximate surface area is 365 Å². The molecule has 0 unspecified atom stereocenters. The summed E-state index contributed by atoms with van der Waals surface area (Å²) in [6.07, 6.45) is 30.5. The van der Waals surface area contributed by atoms with Crippen LogP contribution in [0, 0.1) is 0 Å². The van der Waals surface area contributed by atoms with Gasteiger partial charge in [-0.05, 0) is 120 Å². The molecule has 0 radical (unpaired) electrons. The van der Waals surface area contributed by atoms with Gasteiger partial charge in [0.05, 0.1) is 39.3 Å². The first-order valence-corrected chi connectivity index (χ1v) is 24.6. The van der Waals surface area contributed by atoms with E-state index in [9.17, 15) is 0 Å². The highest BCUT2D eigenvalue weighted by molar-refractivity contribution is 6.26. The number of allylic oxidation sites excluding steroid dienone is 1. The van der Waals surface area contributed by atoms with E-state index in [1.165, 1.54) is 44.9 Å².